The van der Waals surface area contributed by atoms with Gasteiger partial charge in [0.2, 0.25) is 0 Å². The number of aromatic nitrogens is 4. The van der Waals surface area contributed by atoms with E-state index < -0.39 is 0 Å². The average molecular weight is 358 g/mol. The summed E-state index contributed by atoms with van der Waals surface area (Å²) in [6.07, 6.45) is 3.89. The predicted octanol–water partition coefficient (Wildman–Crippen LogP) is 0.928. The van der Waals surface area contributed by atoms with Gasteiger partial charge in [0.15, 0.2) is 11.5 Å². The zero-order chi connectivity index (χ0) is 17.5. The molecule has 140 valence electrons. The molecule has 2 aromatic heterocycles. The van der Waals surface area contributed by atoms with Crippen LogP contribution in [0.4, 0.5) is 5.82 Å². The quantitative estimate of drug-likeness (QED) is 0.787. The van der Waals surface area contributed by atoms with Gasteiger partial charge in [-0.15, -0.1) is 15.3 Å². The fourth-order valence-corrected chi connectivity index (χ4v) is 3.92. The molecule has 0 aromatic carbocycles. The summed E-state index contributed by atoms with van der Waals surface area (Å²) >= 11 is 0. The van der Waals surface area contributed by atoms with E-state index in [4.69, 9.17) is 14.6 Å². The van der Waals surface area contributed by atoms with Gasteiger partial charge in [-0.25, -0.2) is 0 Å². The maximum atomic E-state index is 5.76. The summed E-state index contributed by atoms with van der Waals surface area (Å²) in [6.45, 7) is 5.03. The van der Waals surface area contributed by atoms with Crippen LogP contribution in [0.2, 0.25) is 0 Å². The highest BCUT2D eigenvalue weighted by molar-refractivity contribution is 5.48. The summed E-state index contributed by atoms with van der Waals surface area (Å²) in [4.78, 5) is 4.70. The molecule has 26 heavy (non-hydrogen) atoms. The number of ether oxygens (including phenoxy) is 2. The van der Waals surface area contributed by atoms with Crippen molar-refractivity contribution in [2.75, 3.05) is 51.4 Å². The average Bonchev–Trinajstić information content (AvgIpc) is 2.96. The molecule has 2 aliphatic heterocycles. The zero-order valence-electron chi connectivity index (χ0n) is 15.3. The first-order valence-corrected chi connectivity index (χ1v) is 9.65. The molecule has 0 spiro atoms. The molecule has 8 heteroatoms. The highest BCUT2D eigenvalue weighted by atomic mass is 16.6. The van der Waals surface area contributed by atoms with Crippen molar-refractivity contribution >= 4 is 11.5 Å². The Hall–Kier alpha value is -1.77. The van der Waals surface area contributed by atoms with Crippen molar-refractivity contribution < 1.29 is 9.47 Å². The van der Waals surface area contributed by atoms with Crippen LogP contribution in [0.1, 0.15) is 31.0 Å². The molecule has 1 unspecified atom stereocenters. The lowest BCUT2D eigenvalue weighted by molar-refractivity contribution is -0.0990. The Morgan fingerprint density at radius 2 is 2.08 bits per heavy atom. The fourth-order valence-electron chi connectivity index (χ4n) is 3.92. The number of anilines is 1. The number of fused-ring (bicyclic) bond motifs is 1. The first kappa shape index (κ1) is 16.4. The summed E-state index contributed by atoms with van der Waals surface area (Å²) < 4.78 is 13.2. The third-order valence-corrected chi connectivity index (χ3v) is 5.93. The minimum atomic E-state index is 0.194. The van der Waals surface area contributed by atoms with Crippen LogP contribution in [0.3, 0.4) is 0 Å². The highest BCUT2D eigenvalue weighted by Gasteiger charge is 2.33. The number of hydrogen-bond acceptors (Lipinski definition) is 7. The van der Waals surface area contributed by atoms with Crippen LogP contribution in [-0.2, 0) is 9.47 Å². The van der Waals surface area contributed by atoms with E-state index in [1.807, 2.05) is 10.6 Å². The van der Waals surface area contributed by atoms with Crippen molar-refractivity contribution in [2.24, 2.45) is 0 Å². The van der Waals surface area contributed by atoms with Crippen molar-refractivity contribution in [1.82, 2.24) is 24.7 Å². The normalized spacial score (nSPS) is 24.8. The largest absolute Gasteiger partial charge is 0.376 e. The van der Waals surface area contributed by atoms with Gasteiger partial charge in [0, 0.05) is 31.6 Å². The van der Waals surface area contributed by atoms with Crippen LogP contribution in [0.25, 0.3) is 5.65 Å². The SMILES string of the molecule is CN(CC1COCCO1)C1CN(c2ccc3nnc(C4CCC4)n3n2)C1. The number of rotatable bonds is 5. The van der Waals surface area contributed by atoms with Crippen LogP contribution in [0.15, 0.2) is 12.1 Å². The summed E-state index contributed by atoms with van der Waals surface area (Å²) in [5.41, 5.74) is 0.847. The lowest BCUT2D eigenvalue weighted by atomic mass is 9.85. The van der Waals surface area contributed by atoms with E-state index in [1.54, 1.807) is 0 Å². The van der Waals surface area contributed by atoms with Crippen molar-refractivity contribution in [3.63, 3.8) is 0 Å². The molecule has 0 radical (unpaired) electrons. The van der Waals surface area contributed by atoms with Gasteiger partial charge in [-0.05, 0) is 32.0 Å². The lowest BCUT2D eigenvalue weighted by Gasteiger charge is -2.45. The molecule has 8 nitrogen and oxygen atoms in total. The molecule has 1 aliphatic carbocycles. The number of likely N-dealkylation sites (N-methyl/N-ethyl adjacent to an activating group) is 1. The van der Waals surface area contributed by atoms with Gasteiger partial charge >= 0.3 is 0 Å². The molecule has 1 atom stereocenters. The van der Waals surface area contributed by atoms with Gasteiger partial charge in [0.25, 0.3) is 0 Å². The summed E-state index contributed by atoms with van der Waals surface area (Å²) in [7, 11) is 2.17. The monoisotopic (exact) mass is 358 g/mol. The van der Waals surface area contributed by atoms with Gasteiger partial charge in [-0.2, -0.15) is 4.52 Å². The smallest absolute Gasteiger partial charge is 0.178 e. The van der Waals surface area contributed by atoms with E-state index in [-0.39, 0.29) is 6.10 Å². The van der Waals surface area contributed by atoms with E-state index in [0.29, 0.717) is 25.2 Å². The Labute approximate surface area is 153 Å². The number of hydrogen-bond donors (Lipinski definition) is 0. The molecular weight excluding hydrogens is 332 g/mol. The summed E-state index contributed by atoms with van der Waals surface area (Å²) in [5.74, 6) is 2.57. The van der Waals surface area contributed by atoms with Crippen LogP contribution in [-0.4, -0.2) is 83.4 Å². The van der Waals surface area contributed by atoms with Gasteiger partial charge in [0.1, 0.15) is 5.82 Å². The zero-order valence-corrected chi connectivity index (χ0v) is 15.3. The van der Waals surface area contributed by atoms with Gasteiger partial charge in [0.05, 0.1) is 25.9 Å². The van der Waals surface area contributed by atoms with E-state index in [1.165, 1.54) is 19.3 Å². The van der Waals surface area contributed by atoms with Crippen molar-refractivity contribution in [1.29, 1.82) is 0 Å². The van der Waals surface area contributed by atoms with Crippen LogP contribution < -0.4 is 4.90 Å². The summed E-state index contributed by atoms with van der Waals surface area (Å²) in [6, 6.07) is 4.62. The van der Waals surface area contributed by atoms with E-state index in [2.05, 4.69) is 33.1 Å². The Kier molecular flexibility index (Phi) is 4.26. The fraction of sp³-hybridized carbons (Fsp3) is 0.722. The third-order valence-electron chi connectivity index (χ3n) is 5.93. The molecule has 4 heterocycles. The second-order valence-electron chi connectivity index (χ2n) is 7.71. The highest BCUT2D eigenvalue weighted by Crippen LogP contribution is 2.35. The van der Waals surface area contributed by atoms with E-state index >= 15 is 0 Å². The van der Waals surface area contributed by atoms with Gasteiger partial charge in [-0.1, -0.05) is 6.42 Å². The van der Waals surface area contributed by atoms with Gasteiger partial charge in [-0.3, -0.25) is 4.90 Å². The van der Waals surface area contributed by atoms with Crippen LogP contribution in [0.5, 0.6) is 0 Å². The molecule has 5 rings (SSSR count). The Bertz CT molecular complexity index is 764. The Morgan fingerprint density at radius 3 is 2.81 bits per heavy atom. The molecule has 2 aromatic rings. The maximum absolute atomic E-state index is 5.76. The molecule has 0 bridgehead atoms. The lowest BCUT2D eigenvalue weighted by Crippen LogP contribution is -2.60. The molecule has 0 amide bonds. The standard InChI is InChI=1S/C18H26N6O2/c1-22(11-15-12-25-7-8-26-15)14-9-23(10-14)17-6-5-16-19-20-18(24(16)21-17)13-3-2-4-13/h5-6,13-15H,2-4,7-12H2,1H3. The topological polar surface area (TPSA) is 68.0 Å². The molecule has 0 N–H and O–H groups in total. The first-order valence-electron chi connectivity index (χ1n) is 9.65. The number of nitrogens with zero attached hydrogens (tertiary/aromatic N) is 6. The molecule has 3 fully saturated rings. The summed E-state index contributed by atoms with van der Waals surface area (Å²) in [5, 5.41) is 13.5. The van der Waals surface area contributed by atoms with Crippen molar-refractivity contribution in [3.05, 3.63) is 18.0 Å². The maximum Gasteiger partial charge on any atom is 0.178 e. The van der Waals surface area contributed by atoms with Crippen LogP contribution in [0, 0.1) is 0 Å². The molecule has 1 saturated carbocycles. The van der Waals surface area contributed by atoms with Gasteiger partial charge < -0.3 is 14.4 Å². The minimum Gasteiger partial charge on any atom is -0.376 e. The van der Waals surface area contributed by atoms with Crippen molar-refractivity contribution in [2.45, 2.75) is 37.3 Å². The second-order valence-corrected chi connectivity index (χ2v) is 7.71. The minimum absolute atomic E-state index is 0.194. The first-order chi connectivity index (χ1) is 12.8. The predicted molar refractivity (Wildman–Crippen MR) is 96.6 cm³/mol. The van der Waals surface area contributed by atoms with Crippen molar-refractivity contribution in [3.8, 4) is 0 Å². The van der Waals surface area contributed by atoms with E-state index in [0.717, 1.165) is 43.5 Å². The molecule has 3 aliphatic rings. The van der Waals surface area contributed by atoms with Crippen LogP contribution >= 0.6 is 0 Å². The molecule has 2 saturated heterocycles. The second kappa shape index (κ2) is 6.75. The molecular formula is C18H26N6O2. The Balaban J connectivity index is 1.22. The third kappa shape index (κ3) is 2.95. The van der Waals surface area contributed by atoms with E-state index in [9.17, 15) is 0 Å². The Morgan fingerprint density at radius 1 is 1.19 bits per heavy atom.